The zero-order chi connectivity index (χ0) is 20.1. The van der Waals surface area contributed by atoms with Crippen LogP contribution in [0.25, 0.3) is 0 Å². The molecule has 0 saturated heterocycles. The Hall–Kier alpha value is -1.55. The lowest BCUT2D eigenvalue weighted by Gasteiger charge is -2.14. The van der Waals surface area contributed by atoms with E-state index in [4.69, 9.17) is 10.4 Å². The van der Waals surface area contributed by atoms with Crippen LogP contribution < -0.4 is 0 Å². The highest BCUT2D eigenvalue weighted by Gasteiger charge is 2.15. The Morgan fingerprint density at radius 1 is 1.19 bits per heavy atom. The van der Waals surface area contributed by atoms with Crippen molar-refractivity contribution < 1.29 is 0 Å². The fourth-order valence-electron chi connectivity index (χ4n) is 2.39. The van der Waals surface area contributed by atoms with Gasteiger partial charge in [-0.2, -0.15) is 0 Å². The number of aryl methyl sites for hydroxylation is 2. The molecule has 2 rings (SSSR count). The molecule has 2 heterocycles. The predicted molar refractivity (Wildman–Crippen MR) is 121 cm³/mol. The molecule has 3 nitrogen and oxygen atoms in total. The van der Waals surface area contributed by atoms with Crippen LogP contribution in [-0.2, 0) is 7.05 Å². The molecule has 0 radical (unpaired) electrons. The first-order valence-electron chi connectivity index (χ1n) is 9.69. The summed E-state index contributed by atoms with van der Waals surface area (Å²) in [7, 11) is 1.99. The number of thioether (sulfide) groups is 1. The second kappa shape index (κ2) is 13.6. The molecule has 0 saturated carbocycles. The van der Waals surface area contributed by atoms with Gasteiger partial charge in [-0.15, -0.1) is 0 Å². The van der Waals surface area contributed by atoms with Gasteiger partial charge < -0.3 is 9.98 Å². The van der Waals surface area contributed by atoms with Crippen LogP contribution in [0.1, 0.15) is 72.8 Å². The highest BCUT2D eigenvalue weighted by Crippen LogP contribution is 2.31. The minimum absolute atomic E-state index is 0.514. The van der Waals surface area contributed by atoms with Gasteiger partial charge in [0.1, 0.15) is 0 Å². The van der Waals surface area contributed by atoms with Crippen LogP contribution in [0.5, 0.6) is 0 Å². The maximum absolute atomic E-state index is 8.00. The lowest BCUT2D eigenvalue weighted by atomic mass is 10.1. The van der Waals surface area contributed by atoms with Crippen LogP contribution >= 0.6 is 11.8 Å². The van der Waals surface area contributed by atoms with Crippen LogP contribution in [0, 0.1) is 12.3 Å². The number of hydrogen-bond acceptors (Lipinski definition) is 3. The Bertz CT molecular complexity index is 646. The number of allylic oxidation sites excluding steroid dienone is 3. The maximum Gasteiger partial charge on any atom is 0.0980 e. The van der Waals surface area contributed by atoms with Crippen LogP contribution in [0.15, 0.2) is 39.3 Å². The van der Waals surface area contributed by atoms with Gasteiger partial charge in [0.2, 0.25) is 0 Å². The molecule has 26 heavy (non-hydrogen) atoms. The topological polar surface area (TPSA) is 41.1 Å². The summed E-state index contributed by atoms with van der Waals surface area (Å²) in [6, 6.07) is 0. The third kappa shape index (κ3) is 8.22. The van der Waals surface area contributed by atoms with Gasteiger partial charge in [-0.25, -0.2) is 4.99 Å². The van der Waals surface area contributed by atoms with E-state index in [1.54, 1.807) is 18.7 Å². The normalized spacial score (nSPS) is 13.6. The molecule has 4 heteroatoms. The van der Waals surface area contributed by atoms with Crippen molar-refractivity contribution in [2.24, 2.45) is 12.0 Å². The summed E-state index contributed by atoms with van der Waals surface area (Å²) in [6.07, 6.45) is 11.2. The third-order valence-electron chi connectivity index (χ3n) is 3.73. The van der Waals surface area contributed by atoms with Gasteiger partial charge in [0.05, 0.1) is 17.1 Å². The van der Waals surface area contributed by atoms with Gasteiger partial charge >= 0.3 is 0 Å². The zero-order valence-electron chi connectivity index (χ0n) is 17.9. The minimum Gasteiger partial charge on any atom is -0.355 e. The van der Waals surface area contributed by atoms with E-state index in [1.165, 1.54) is 24.8 Å². The Morgan fingerprint density at radius 3 is 2.19 bits per heavy atom. The Morgan fingerprint density at radius 2 is 1.81 bits per heavy atom. The summed E-state index contributed by atoms with van der Waals surface area (Å²) in [5.41, 5.74) is 4.67. The number of unbranched alkanes of at least 4 members (excludes halogenated alkanes) is 2. The van der Waals surface area contributed by atoms with Crippen molar-refractivity contribution in [2.75, 3.05) is 0 Å². The third-order valence-corrected chi connectivity index (χ3v) is 4.84. The summed E-state index contributed by atoms with van der Waals surface area (Å²) in [4.78, 5) is 5.83. The summed E-state index contributed by atoms with van der Waals surface area (Å²) in [5, 5.41) is 10.1. The zero-order valence-corrected chi connectivity index (χ0v) is 18.8. The van der Waals surface area contributed by atoms with Gasteiger partial charge in [0.15, 0.2) is 0 Å². The van der Waals surface area contributed by atoms with Gasteiger partial charge in [0, 0.05) is 24.3 Å². The molecule has 0 aliphatic carbocycles. The first-order chi connectivity index (χ1) is 12.4. The highest BCUT2D eigenvalue weighted by atomic mass is 32.2. The average Bonchev–Trinajstić information content (AvgIpc) is 2.93. The number of hydrogen-bond donors (Lipinski definition) is 1. The van der Waals surface area contributed by atoms with Crippen molar-refractivity contribution in [2.45, 2.75) is 74.1 Å². The first-order valence-corrected chi connectivity index (χ1v) is 10.6. The van der Waals surface area contributed by atoms with Gasteiger partial charge in [-0.1, -0.05) is 70.4 Å². The summed E-state index contributed by atoms with van der Waals surface area (Å²) in [6.45, 7) is 14.4. The average molecular weight is 376 g/mol. The summed E-state index contributed by atoms with van der Waals surface area (Å²) in [5.74, 6) is 0. The van der Waals surface area contributed by atoms with E-state index in [2.05, 4.69) is 32.3 Å². The maximum atomic E-state index is 8.00. The number of nitrogens with one attached hydrogen (secondary N) is 1. The Kier molecular flexibility index (Phi) is 12.8. The minimum atomic E-state index is 0.514. The van der Waals surface area contributed by atoms with Crippen molar-refractivity contribution in [1.82, 2.24) is 4.57 Å². The van der Waals surface area contributed by atoms with E-state index in [-0.39, 0.29) is 0 Å². The van der Waals surface area contributed by atoms with E-state index in [1.807, 2.05) is 44.8 Å². The predicted octanol–water partition coefficient (Wildman–Crippen LogP) is 7.59. The molecule has 0 atom stereocenters. The fourth-order valence-corrected chi connectivity index (χ4v) is 3.32. The molecule has 1 aliphatic heterocycles. The van der Waals surface area contributed by atoms with E-state index in [0.717, 1.165) is 28.3 Å². The van der Waals surface area contributed by atoms with Gasteiger partial charge in [-0.3, -0.25) is 0 Å². The second-order valence-electron chi connectivity index (χ2n) is 6.23. The first kappa shape index (κ1) is 24.5. The number of rotatable bonds is 5. The number of aliphatic imine (C=N–C) groups is 1. The van der Waals surface area contributed by atoms with Crippen LogP contribution in [-0.4, -0.2) is 16.0 Å². The number of nitrogens with zero attached hydrogens (tertiary/aromatic N) is 2. The van der Waals surface area contributed by atoms with E-state index < -0.39 is 0 Å². The van der Waals surface area contributed by atoms with E-state index in [9.17, 15) is 0 Å². The standard InChI is InChI=1S/C15H19N3S.C5H12.C2H6/c1-10-6-5-7-19-15(10)14(12(3)16)17-13-9-18(4)8-11(13)2;1-3-5-4-2;1-2/h5,7-9,16H,6H2,1-4H3;3-5H2,1-2H3;1-2H3. The van der Waals surface area contributed by atoms with Gasteiger partial charge in [-0.05, 0) is 38.2 Å². The Labute approximate surface area is 165 Å². The van der Waals surface area contributed by atoms with Gasteiger partial charge in [0.25, 0.3) is 0 Å². The molecule has 0 aromatic carbocycles. The SMILES string of the molecule is CC.CC(=N)C(=Nc1cn(C)cc1C)C1=C(C)CC=CS1.CCCCC. The largest absolute Gasteiger partial charge is 0.355 e. The molecule has 1 aromatic heterocycles. The quantitative estimate of drug-likeness (QED) is 0.529. The monoisotopic (exact) mass is 375 g/mol. The van der Waals surface area contributed by atoms with Crippen LogP contribution in [0.2, 0.25) is 0 Å². The summed E-state index contributed by atoms with van der Waals surface area (Å²) >= 11 is 1.66. The van der Waals surface area contributed by atoms with Crippen molar-refractivity contribution in [3.8, 4) is 0 Å². The van der Waals surface area contributed by atoms with E-state index >= 15 is 0 Å². The van der Waals surface area contributed by atoms with Crippen molar-refractivity contribution >= 4 is 28.9 Å². The van der Waals surface area contributed by atoms with Crippen molar-refractivity contribution in [1.29, 1.82) is 5.41 Å². The molecule has 1 N–H and O–H groups in total. The lowest BCUT2D eigenvalue weighted by molar-refractivity contribution is 0.772. The molecule has 1 aromatic rings. The molecule has 0 fully saturated rings. The molecular formula is C22H37N3S. The highest BCUT2D eigenvalue weighted by molar-refractivity contribution is 8.06. The van der Waals surface area contributed by atoms with Crippen LogP contribution in [0.4, 0.5) is 5.69 Å². The second-order valence-corrected chi connectivity index (χ2v) is 7.15. The van der Waals surface area contributed by atoms with Crippen LogP contribution in [0.3, 0.4) is 0 Å². The van der Waals surface area contributed by atoms with Crippen molar-refractivity contribution in [3.63, 3.8) is 0 Å². The molecule has 0 spiro atoms. The molecule has 0 bridgehead atoms. The Balaban J connectivity index is 0.000000772. The molecule has 0 unspecified atom stereocenters. The molecule has 146 valence electrons. The fraction of sp³-hybridized carbons (Fsp3) is 0.545. The van der Waals surface area contributed by atoms with E-state index in [0.29, 0.717) is 5.71 Å². The molecule has 1 aliphatic rings. The number of aromatic nitrogens is 1. The van der Waals surface area contributed by atoms with Crippen molar-refractivity contribution in [3.05, 3.63) is 39.9 Å². The lowest BCUT2D eigenvalue weighted by Crippen LogP contribution is -2.12. The summed E-state index contributed by atoms with van der Waals surface area (Å²) < 4.78 is 2.00. The molecular weight excluding hydrogens is 338 g/mol. The molecule has 0 amide bonds. The smallest absolute Gasteiger partial charge is 0.0980 e.